The quantitative estimate of drug-likeness (QED) is 0.610. The number of alkyl halides is 1. The number of hydrogen-bond donors (Lipinski definition) is 0. The predicted molar refractivity (Wildman–Crippen MR) is 77.0 cm³/mol. The van der Waals surface area contributed by atoms with Gasteiger partial charge in [0.15, 0.2) is 0 Å². The highest BCUT2D eigenvalue weighted by atomic mass is 127. The third kappa shape index (κ3) is 2.66. The van der Waals surface area contributed by atoms with Gasteiger partial charge in [-0.05, 0) is 31.9 Å². The van der Waals surface area contributed by atoms with Crippen molar-refractivity contribution in [3.8, 4) is 0 Å². The summed E-state index contributed by atoms with van der Waals surface area (Å²) in [7, 11) is -3.29. The minimum absolute atomic E-state index is 0.168. The van der Waals surface area contributed by atoms with Crippen molar-refractivity contribution < 1.29 is 8.42 Å². The fourth-order valence-corrected chi connectivity index (χ4v) is 5.00. The molecule has 1 heterocycles. The van der Waals surface area contributed by atoms with E-state index in [1.165, 1.54) is 0 Å². The second kappa shape index (κ2) is 5.24. The number of sulfonamides is 1. The Labute approximate surface area is 116 Å². The largest absolute Gasteiger partial charge is 0.243 e. The van der Waals surface area contributed by atoms with Gasteiger partial charge in [-0.15, -0.1) is 0 Å². The Kier molecular flexibility index (Phi) is 4.10. The van der Waals surface area contributed by atoms with Gasteiger partial charge in [-0.2, -0.15) is 4.31 Å². The molecule has 1 fully saturated rings. The Balaban J connectivity index is 2.33. The maximum Gasteiger partial charge on any atom is 0.243 e. The maximum atomic E-state index is 12.4. The van der Waals surface area contributed by atoms with Crippen LogP contribution in [0.15, 0.2) is 29.2 Å². The van der Waals surface area contributed by atoms with Gasteiger partial charge < -0.3 is 0 Å². The molecular weight excluding hydrogens is 349 g/mol. The van der Waals surface area contributed by atoms with Crippen molar-refractivity contribution >= 4 is 32.6 Å². The van der Waals surface area contributed by atoms with Crippen LogP contribution in [-0.4, -0.2) is 29.7 Å². The molecule has 0 aliphatic carbocycles. The second-order valence-electron chi connectivity index (χ2n) is 4.38. The lowest BCUT2D eigenvalue weighted by atomic mass is 10.2. The first-order chi connectivity index (χ1) is 8.05. The molecule has 1 saturated heterocycles. The Hall–Kier alpha value is -0.140. The zero-order valence-electron chi connectivity index (χ0n) is 9.77. The van der Waals surface area contributed by atoms with Crippen LogP contribution in [-0.2, 0) is 10.0 Å². The molecule has 0 saturated carbocycles. The van der Waals surface area contributed by atoms with E-state index in [-0.39, 0.29) is 6.04 Å². The van der Waals surface area contributed by atoms with Crippen LogP contribution in [0.3, 0.4) is 0 Å². The van der Waals surface area contributed by atoms with E-state index in [1.807, 2.05) is 19.1 Å². The lowest BCUT2D eigenvalue weighted by molar-refractivity contribution is 0.415. The minimum atomic E-state index is -3.29. The summed E-state index contributed by atoms with van der Waals surface area (Å²) in [6.45, 7) is 2.61. The molecular formula is C12H16INO2S. The zero-order valence-corrected chi connectivity index (χ0v) is 12.7. The topological polar surface area (TPSA) is 37.4 Å². The van der Waals surface area contributed by atoms with E-state index < -0.39 is 10.0 Å². The Morgan fingerprint density at radius 2 is 2.00 bits per heavy atom. The first-order valence-electron chi connectivity index (χ1n) is 5.70. The molecule has 0 amide bonds. The van der Waals surface area contributed by atoms with Crippen molar-refractivity contribution in [2.45, 2.75) is 30.7 Å². The molecule has 0 radical (unpaired) electrons. The van der Waals surface area contributed by atoms with Gasteiger partial charge in [-0.1, -0.05) is 40.3 Å². The third-order valence-electron chi connectivity index (χ3n) is 3.13. The lowest BCUT2D eigenvalue weighted by Gasteiger charge is -2.22. The van der Waals surface area contributed by atoms with Crippen molar-refractivity contribution in [3.63, 3.8) is 0 Å². The Morgan fingerprint density at radius 1 is 1.35 bits per heavy atom. The molecule has 3 nitrogen and oxygen atoms in total. The van der Waals surface area contributed by atoms with E-state index in [9.17, 15) is 8.42 Å². The summed E-state index contributed by atoms with van der Waals surface area (Å²) >= 11 is 2.26. The molecule has 17 heavy (non-hydrogen) atoms. The van der Waals surface area contributed by atoms with Gasteiger partial charge >= 0.3 is 0 Å². The molecule has 0 bridgehead atoms. The molecule has 1 aliphatic rings. The third-order valence-corrected chi connectivity index (χ3v) is 6.11. The first-order valence-corrected chi connectivity index (χ1v) is 8.67. The Morgan fingerprint density at radius 3 is 2.59 bits per heavy atom. The van der Waals surface area contributed by atoms with Crippen LogP contribution in [0.4, 0.5) is 0 Å². The van der Waals surface area contributed by atoms with E-state index in [0.29, 0.717) is 11.4 Å². The van der Waals surface area contributed by atoms with Crippen LogP contribution in [0.25, 0.3) is 0 Å². The maximum absolute atomic E-state index is 12.4. The molecule has 1 aliphatic heterocycles. The fourth-order valence-electron chi connectivity index (χ4n) is 2.13. The van der Waals surface area contributed by atoms with Gasteiger partial charge in [-0.25, -0.2) is 8.42 Å². The summed E-state index contributed by atoms with van der Waals surface area (Å²) in [4.78, 5) is 0.417. The number of halogens is 1. The molecule has 1 unspecified atom stereocenters. The van der Waals surface area contributed by atoms with Crippen molar-refractivity contribution in [1.82, 2.24) is 4.31 Å². The van der Waals surface area contributed by atoms with Crippen LogP contribution in [0.5, 0.6) is 0 Å². The van der Waals surface area contributed by atoms with E-state index >= 15 is 0 Å². The van der Waals surface area contributed by atoms with E-state index in [2.05, 4.69) is 22.6 Å². The smallest absolute Gasteiger partial charge is 0.207 e. The van der Waals surface area contributed by atoms with E-state index in [4.69, 9.17) is 0 Å². The zero-order chi connectivity index (χ0) is 12.5. The second-order valence-corrected chi connectivity index (χ2v) is 7.15. The van der Waals surface area contributed by atoms with Crippen molar-refractivity contribution in [3.05, 3.63) is 29.8 Å². The van der Waals surface area contributed by atoms with Crippen molar-refractivity contribution in [2.75, 3.05) is 11.0 Å². The van der Waals surface area contributed by atoms with Gasteiger partial charge in [0.25, 0.3) is 0 Å². The number of rotatable bonds is 3. The standard InChI is InChI=1S/C12H16INO2S/c1-10-4-6-12(7-5-10)17(15,16)14-8-2-3-11(14)9-13/h4-7,11H,2-3,8-9H2,1H3. The van der Waals surface area contributed by atoms with Crippen LogP contribution in [0.2, 0.25) is 0 Å². The van der Waals surface area contributed by atoms with Gasteiger partial charge in [0.2, 0.25) is 10.0 Å². The summed E-state index contributed by atoms with van der Waals surface area (Å²) in [6.07, 6.45) is 1.95. The van der Waals surface area contributed by atoms with Crippen LogP contribution in [0.1, 0.15) is 18.4 Å². The van der Waals surface area contributed by atoms with E-state index in [1.54, 1.807) is 16.4 Å². The van der Waals surface area contributed by atoms with Crippen LogP contribution < -0.4 is 0 Å². The number of nitrogens with zero attached hydrogens (tertiary/aromatic N) is 1. The number of hydrogen-bond acceptors (Lipinski definition) is 2. The van der Waals surface area contributed by atoms with Gasteiger partial charge in [0.1, 0.15) is 0 Å². The monoisotopic (exact) mass is 365 g/mol. The summed E-state index contributed by atoms with van der Waals surface area (Å²) in [6, 6.07) is 7.27. The highest BCUT2D eigenvalue weighted by Gasteiger charge is 2.34. The van der Waals surface area contributed by atoms with Crippen LogP contribution >= 0.6 is 22.6 Å². The highest BCUT2D eigenvalue weighted by molar-refractivity contribution is 14.1. The molecule has 1 aromatic rings. The highest BCUT2D eigenvalue weighted by Crippen LogP contribution is 2.27. The van der Waals surface area contributed by atoms with E-state index in [0.717, 1.165) is 22.8 Å². The number of benzene rings is 1. The molecule has 5 heteroatoms. The van der Waals surface area contributed by atoms with Crippen molar-refractivity contribution in [1.29, 1.82) is 0 Å². The lowest BCUT2D eigenvalue weighted by Crippen LogP contribution is -2.36. The van der Waals surface area contributed by atoms with Gasteiger partial charge in [0, 0.05) is 17.0 Å². The molecule has 0 N–H and O–H groups in total. The number of aryl methyl sites for hydroxylation is 1. The normalized spacial score (nSPS) is 21.9. The van der Waals surface area contributed by atoms with Crippen LogP contribution in [0, 0.1) is 6.92 Å². The van der Waals surface area contributed by atoms with Gasteiger partial charge in [-0.3, -0.25) is 0 Å². The average Bonchev–Trinajstić information content (AvgIpc) is 2.78. The fraction of sp³-hybridized carbons (Fsp3) is 0.500. The molecule has 0 spiro atoms. The molecule has 1 atom stereocenters. The Bertz CT molecular complexity index is 484. The molecule has 0 aromatic heterocycles. The predicted octanol–water partition coefficient (Wildman–Crippen LogP) is 2.58. The first kappa shape index (κ1) is 13.3. The van der Waals surface area contributed by atoms with Gasteiger partial charge in [0.05, 0.1) is 4.90 Å². The summed E-state index contributed by atoms with van der Waals surface area (Å²) in [5.74, 6) is 0. The summed E-state index contributed by atoms with van der Waals surface area (Å²) in [5.41, 5.74) is 1.08. The molecule has 94 valence electrons. The summed E-state index contributed by atoms with van der Waals surface area (Å²) in [5, 5.41) is 0. The summed E-state index contributed by atoms with van der Waals surface area (Å²) < 4.78 is 27.4. The molecule has 2 rings (SSSR count). The SMILES string of the molecule is Cc1ccc(S(=O)(=O)N2CCCC2CI)cc1. The minimum Gasteiger partial charge on any atom is -0.207 e. The molecule has 1 aromatic carbocycles. The average molecular weight is 365 g/mol. The van der Waals surface area contributed by atoms with Crippen molar-refractivity contribution in [2.24, 2.45) is 0 Å².